The third kappa shape index (κ3) is 1.67. The van der Waals surface area contributed by atoms with Crippen LogP contribution in [0.2, 0.25) is 0 Å². The average molecular weight is 311 g/mol. The van der Waals surface area contributed by atoms with E-state index in [9.17, 15) is 4.79 Å². The van der Waals surface area contributed by atoms with Crippen molar-refractivity contribution in [2.45, 2.75) is 44.6 Å². The highest BCUT2D eigenvalue weighted by atomic mass is 16.5. The van der Waals surface area contributed by atoms with Gasteiger partial charge in [0.1, 0.15) is 0 Å². The van der Waals surface area contributed by atoms with E-state index in [-0.39, 0.29) is 10.8 Å². The third-order valence-electron chi connectivity index (χ3n) is 7.16. The molecule has 1 aromatic carbocycles. The standard InChI is InChI=1S/C20H25NO2/c1-18(2)13-21(16-9-23-8-15(16)18)17(22)20-10-19(11-20,12-20)14-6-4-3-5-7-14/h3-7,15-16H,8-13H2,1-2H3/t15-,16+,19?,20?/m0/s1. The normalized spacial score (nSPS) is 42.8. The Morgan fingerprint density at radius 1 is 1.13 bits per heavy atom. The zero-order valence-electron chi connectivity index (χ0n) is 14.0. The number of nitrogens with zero attached hydrogens (tertiary/aromatic N) is 1. The fourth-order valence-corrected chi connectivity index (χ4v) is 5.91. The van der Waals surface area contributed by atoms with Crippen LogP contribution in [0.5, 0.6) is 0 Å². The molecule has 6 rings (SSSR count). The summed E-state index contributed by atoms with van der Waals surface area (Å²) in [5.74, 6) is 0.934. The van der Waals surface area contributed by atoms with Crippen molar-refractivity contribution in [3.63, 3.8) is 0 Å². The Kier molecular flexibility index (Phi) is 2.55. The maximum atomic E-state index is 13.3. The molecule has 5 aliphatic rings. The van der Waals surface area contributed by atoms with Gasteiger partial charge in [-0.15, -0.1) is 0 Å². The minimum atomic E-state index is -0.0522. The summed E-state index contributed by atoms with van der Waals surface area (Å²) in [6.07, 6.45) is 3.16. The number of amides is 1. The molecular weight excluding hydrogens is 286 g/mol. The smallest absolute Gasteiger partial charge is 0.229 e. The minimum Gasteiger partial charge on any atom is -0.379 e. The summed E-state index contributed by atoms with van der Waals surface area (Å²) in [7, 11) is 0. The van der Waals surface area contributed by atoms with Gasteiger partial charge in [-0.3, -0.25) is 4.79 Å². The molecule has 3 heteroatoms. The molecule has 0 unspecified atom stereocenters. The van der Waals surface area contributed by atoms with E-state index in [1.165, 1.54) is 5.56 Å². The Morgan fingerprint density at radius 2 is 1.83 bits per heavy atom. The maximum Gasteiger partial charge on any atom is 0.229 e. The van der Waals surface area contributed by atoms with Crippen LogP contribution in [0.1, 0.15) is 38.7 Å². The van der Waals surface area contributed by atoms with Crippen molar-refractivity contribution in [3.05, 3.63) is 35.9 Å². The van der Waals surface area contributed by atoms with Crippen LogP contribution < -0.4 is 0 Å². The molecule has 0 aromatic heterocycles. The number of carbonyl (C=O) groups is 1. The Balaban J connectivity index is 1.35. The number of hydrogen-bond donors (Lipinski definition) is 0. The van der Waals surface area contributed by atoms with Crippen LogP contribution in [-0.2, 0) is 14.9 Å². The van der Waals surface area contributed by atoms with E-state index >= 15 is 0 Å². The summed E-state index contributed by atoms with van der Waals surface area (Å²) in [6.45, 7) is 7.05. The zero-order valence-corrected chi connectivity index (χ0v) is 14.0. The lowest BCUT2D eigenvalue weighted by Gasteiger charge is -2.70. The molecule has 1 aromatic rings. The van der Waals surface area contributed by atoms with E-state index in [1.807, 2.05) is 0 Å². The molecule has 5 fully saturated rings. The van der Waals surface area contributed by atoms with Crippen LogP contribution in [0.3, 0.4) is 0 Å². The van der Waals surface area contributed by atoms with Crippen molar-refractivity contribution in [2.75, 3.05) is 19.8 Å². The van der Waals surface area contributed by atoms with Gasteiger partial charge in [-0.05, 0) is 35.7 Å². The van der Waals surface area contributed by atoms with Crippen molar-refractivity contribution in [3.8, 4) is 0 Å². The molecule has 2 heterocycles. The van der Waals surface area contributed by atoms with Gasteiger partial charge in [0.2, 0.25) is 5.91 Å². The van der Waals surface area contributed by atoms with E-state index in [0.29, 0.717) is 23.3 Å². The molecule has 1 amide bonds. The minimum absolute atomic E-state index is 0.0522. The van der Waals surface area contributed by atoms with E-state index < -0.39 is 0 Å². The summed E-state index contributed by atoms with van der Waals surface area (Å²) in [5, 5.41) is 0. The first kappa shape index (κ1) is 14.0. The van der Waals surface area contributed by atoms with Gasteiger partial charge in [-0.1, -0.05) is 44.2 Å². The van der Waals surface area contributed by atoms with Crippen LogP contribution in [0, 0.1) is 16.7 Å². The molecule has 0 radical (unpaired) electrons. The first-order valence-corrected chi connectivity index (χ1v) is 8.90. The molecule has 3 aliphatic carbocycles. The molecule has 2 saturated heterocycles. The average Bonchev–Trinajstić information content (AvgIpc) is 3.01. The van der Waals surface area contributed by atoms with Crippen molar-refractivity contribution in [1.82, 2.24) is 4.90 Å². The second-order valence-corrected chi connectivity index (χ2v) is 9.09. The van der Waals surface area contributed by atoms with Crippen LogP contribution in [0.4, 0.5) is 0 Å². The lowest BCUT2D eigenvalue weighted by atomic mass is 9.33. The summed E-state index contributed by atoms with van der Waals surface area (Å²) >= 11 is 0. The molecular formula is C20H25NO2. The third-order valence-corrected chi connectivity index (χ3v) is 7.16. The predicted molar refractivity (Wildman–Crippen MR) is 88.0 cm³/mol. The zero-order chi connectivity index (χ0) is 15.9. The van der Waals surface area contributed by atoms with Gasteiger partial charge >= 0.3 is 0 Å². The number of likely N-dealkylation sites (tertiary alicyclic amines) is 1. The highest BCUT2D eigenvalue weighted by Crippen LogP contribution is 2.74. The van der Waals surface area contributed by atoms with Crippen LogP contribution >= 0.6 is 0 Å². The highest BCUT2D eigenvalue weighted by Gasteiger charge is 2.73. The maximum absolute atomic E-state index is 13.3. The van der Waals surface area contributed by atoms with Crippen LogP contribution in [0.15, 0.2) is 30.3 Å². The molecule has 2 atom stereocenters. The summed E-state index contributed by atoms with van der Waals surface area (Å²) < 4.78 is 5.70. The van der Waals surface area contributed by atoms with Gasteiger partial charge in [0.25, 0.3) is 0 Å². The van der Waals surface area contributed by atoms with Gasteiger partial charge in [0, 0.05) is 12.5 Å². The fraction of sp³-hybridized carbons (Fsp3) is 0.650. The second-order valence-electron chi connectivity index (χ2n) is 9.09. The monoisotopic (exact) mass is 311 g/mol. The number of fused-ring (bicyclic) bond motifs is 1. The van der Waals surface area contributed by atoms with Crippen LogP contribution in [-0.4, -0.2) is 36.6 Å². The number of benzene rings is 1. The number of hydrogen-bond acceptors (Lipinski definition) is 2. The van der Waals surface area contributed by atoms with Gasteiger partial charge in [-0.25, -0.2) is 0 Å². The van der Waals surface area contributed by atoms with Crippen molar-refractivity contribution >= 4 is 5.91 Å². The molecule has 3 saturated carbocycles. The van der Waals surface area contributed by atoms with Crippen molar-refractivity contribution in [2.24, 2.45) is 16.7 Å². The van der Waals surface area contributed by atoms with E-state index in [4.69, 9.17) is 4.74 Å². The molecule has 23 heavy (non-hydrogen) atoms. The summed E-state index contributed by atoms with van der Waals surface area (Å²) in [4.78, 5) is 15.4. The number of rotatable bonds is 2. The number of ether oxygens (including phenoxy) is 1. The Bertz CT molecular complexity index is 646. The van der Waals surface area contributed by atoms with Gasteiger partial charge < -0.3 is 9.64 Å². The summed E-state index contributed by atoms with van der Waals surface area (Å²) in [6, 6.07) is 11.1. The topological polar surface area (TPSA) is 29.5 Å². The number of carbonyl (C=O) groups excluding carboxylic acids is 1. The lowest BCUT2D eigenvalue weighted by Crippen LogP contribution is -2.70. The van der Waals surface area contributed by atoms with Gasteiger partial charge in [-0.2, -0.15) is 0 Å². The predicted octanol–water partition coefficient (Wildman–Crippen LogP) is 2.99. The first-order chi connectivity index (χ1) is 11.0. The highest BCUT2D eigenvalue weighted by molar-refractivity contribution is 5.88. The molecule has 2 bridgehead atoms. The lowest BCUT2D eigenvalue weighted by molar-refractivity contribution is -0.188. The second kappa shape index (κ2) is 4.18. The van der Waals surface area contributed by atoms with Crippen molar-refractivity contribution in [1.29, 1.82) is 0 Å². The SMILES string of the molecule is CC1(C)CN(C(=O)C23CC(c4ccccc4)(C2)C3)[C@@H]2COC[C@@H]21. The fourth-order valence-electron chi connectivity index (χ4n) is 5.91. The molecule has 0 N–H and O–H groups in total. The van der Waals surface area contributed by atoms with Crippen LogP contribution in [0.25, 0.3) is 0 Å². The summed E-state index contributed by atoms with van der Waals surface area (Å²) in [5.41, 5.74) is 1.87. The van der Waals surface area contributed by atoms with Crippen molar-refractivity contribution < 1.29 is 9.53 Å². The van der Waals surface area contributed by atoms with E-state index in [2.05, 4.69) is 49.1 Å². The largest absolute Gasteiger partial charge is 0.379 e. The molecule has 2 aliphatic heterocycles. The van der Waals surface area contributed by atoms with Gasteiger partial charge in [0.15, 0.2) is 0 Å². The molecule has 3 nitrogen and oxygen atoms in total. The Hall–Kier alpha value is -1.35. The first-order valence-electron chi connectivity index (χ1n) is 8.90. The van der Waals surface area contributed by atoms with Gasteiger partial charge in [0.05, 0.1) is 24.7 Å². The Morgan fingerprint density at radius 3 is 2.52 bits per heavy atom. The molecule has 122 valence electrons. The quantitative estimate of drug-likeness (QED) is 0.840. The van der Waals surface area contributed by atoms with E-state index in [0.717, 1.165) is 39.0 Å². The van der Waals surface area contributed by atoms with E-state index in [1.54, 1.807) is 0 Å². The Labute approximate surface area is 138 Å². The molecule has 0 spiro atoms.